The number of benzene rings is 2. The maximum absolute atomic E-state index is 12.9. The van der Waals surface area contributed by atoms with E-state index in [1.807, 2.05) is 35.2 Å². The van der Waals surface area contributed by atoms with E-state index in [0.717, 1.165) is 29.7 Å². The summed E-state index contributed by atoms with van der Waals surface area (Å²) in [5.41, 5.74) is 2.76. The number of hydrogen-bond donors (Lipinski definition) is 0. The van der Waals surface area contributed by atoms with Gasteiger partial charge in [0.05, 0.1) is 6.54 Å². The number of piperazine rings is 1. The fraction of sp³-hybridized carbons (Fsp3) is 0.286. The highest BCUT2D eigenvalue weighted by atomic mass is 79.9. The summed E-state index contributed by atoms with van der Waals surface area (Å²) >= 11 is 3.59. The minimum absolute atomic E-state index is 0.0171. The molecule has 2 aromatic carbocycles. The number of hydrogen-bond acceptors (Lipinski definition) is 6. The Balaban J connectivity index is 1.31. The van der Waals surface area contributed by atoms with Crippen molar-refractivity contribution >= 4 is 27.8 Å². The molecule has 10 heteroatoms. The van der Waals surface area contributed by atoms with E-state index in [1.165, 1.54) is 16.6 Å². The number of rotatable bonds is 6. The van der Waals surface area contributed by atoms with Crippen molar-refractivity contribution in [1.82, 2.24) is 24.6 Å². The van der Waals surface area contributed by atoms with Crippen molar-refractivity contribution < 1.29 is 9.72 Å². The van der Waals surface area contributed by atoms with E-state index in [4.69, 9.17) is 0 Å². The first-order chi connectivity index (χ1) is 15.0. The number of nitrogens with zero attached hydrogens (tertiary/aromatic N) is 6. The molecule has 0 saturated carbocycles. The molecule has 0 atom stereocenters. The van der Waals surface area contributed by atoms with Crippen LogP contribution in [0, 0.1) is 10.1 Å². The summed E-state index contributed by atoms with van der Waals surface area (Å²) in [6, 6.07) is 15.4. The Labute approximate surface area is 187 Å². The van der Waals surface area contributed by atoms with Crippen molar-refractivity contribution in [2.24, 2.45) is 0 Å². The Morgan fingerprint density at radius 2 is 1.74 bits per heavy atom. The minimum Gasteiger partial charge on any atom is -0.390 e. The fourth-order valence-electron chi connectivity index (χ4n) is 3.54. The number of aromatic nitrogens is 3. The molecule has 1 aliphatic rings. The summed E-state index contributed by atoms with van der Waals surface area (Å²) in [6.07, 6.45) is 1.32. The van der Waals surface area contributed by atoms with Crippen LogP contribution in [-0.4, -0.2) is 61.6 Å². The molecular formula is C21H21BrN6O3. The van der Waals surface area contributed by atoms with Crippen LogP contribution in [0.25, 0.3) is 0 Å². The Bertz CT molecular complexity index is 1080. The topological polar surface area (TPSA) is 97.4 Å². The average Bonchev–Trinajstić information content (AvgIpc) is 3.25. The van der Waals surface area contributed by atoms with Gasteiger partial charge in [0.1, 0.15) is 0 Å². The van der Waals surface area contributed by atoms with Crippen molar-refractivity contribution in [2.45, 2.75) is 13.1 Å². The first-order valence-electron chi connectivity index (χ1n) is 9.87. The second kappa shape index (κ2) is 9.36. The van der Waals surface area contributed by atoms with Crippen LogP contribution in [0.2, 0.25) is 0 Å². The molecule has 0 unspecified atom stereocenters. The van der Waals surface area contributed by atoms with Gasteiger partial charge in [-0.25, -0.2) is 0 Å². The molecule has 1 saturated heterocycles. The molecule has 0 aliphatic carbocycles. The van der Waals surface area contributed by atoms with Gasteiger partial charge < -0.3 is 15.0 Å². The second-order valence-electron chi connectivity index (χ2n) is 7.36. The highest BCUT2D eigenvalue weighted by Crippen LogP contribution is 2.19. The van der Waals surface area contributed by atoms with Crippen LogP contribution in [0.3, 0.4) is 0 Å². The SMILES string of the molecule is O=C(c1ccc(Cn2cnc([N+](=O)[O-])n2)cc1)N1CCN(Cc2ccccc2Br)CC1. The van der Waals surface area contributed by atoms with Gasteiger partial charge in [0, 0.05) is 47.9 Å². The maximum atomic E-state index is 12.9. The van der Waals surface area contributed by atoms with Gasteiger partial charge >= 0.3 is 5.95 Å². The largest absolute Gasteiger partial charge is 0.490 e. The molecule has 1 amide bonds. The van der Waals surface area contributed by atoms with E-state index in [9.17, 15) is 14.9 Å². The van der Waals surface area contributed by atoms with Gasteiger partial charge in [-0.2, -0.15) is 4.68 Å². The lowest BCUT2D eigenvalue weighted by atomic mass is 10.1. The standard InChI is InChI=1S/C21H21BrN6O3/c22-19-4-2-1-3-18(19)14-25-9-11-26(12-10-25)20(29)17-7-5-16(6-8-17)13-27-15-23-21(24-27)28(30)31/h1-8,15H,9-14H2. The van der Waals surface area contributed by atoms with E-state index in [1.54, 1.807) is 12.1 Å². The summed E-state index contributed by atoms with van der Waals surface area (Å²) in [7, 11) is 0. The van der Waals surface area contributed by atoms with Crippen LogP contribution in [0.5, 0.6) is 0 Å². The average molecular weight is 485 g/mol. The zero-order valence-corrected chi connectivity index (χ0v) is 18.3. The number of carbonyl (C=O) groups excluding carboxylic acids is 1. The molecule has 1 aromatic heterocycles. The molecule has 4 rings (SSSR count). The Morgan fingerprint density at radius 3 is 2.39 bits per heavy atom. The number of nitro groups is 1. The molecule has 0 N–H and O–H groups in total. The summed E-state index contributed by atoms with van der Waals surface area (Å²) in [4.78, 5) is 30.8. The predicted molar refractivity (Wildman–Crippen MR) is 118 cm³/mol. The molecule has 0 spiro atoms. The third-order valence-electron chi connectivity index (χ3n) is 5.24. The lowest BCUT2D eigenvalue weighted by Crippen LogP contribution is -2.48. The first kappa shape index (κ1) is 21.1. The molecular weight excluding hydrogens is 464 g/mol. The van der Waals surface area contributed by atoms with Crippen LogP contribution >= 0.6 is 15.9 Å². The van der Waals surface area contributed by atoms with Crippen molar-refractivity contribution in [3.63, 3.8) is 0 Å². The second-order valence-corrected chi connectivity index (χ2v) is 8.21. The van der Waals surface area contributed by atoms with Crippen molar-refractivity contribution in [3.8, 4) is 0 Å². The number of halogens is 1. The third-order valence-corrected chi connectivity index (χ3v) is 6.02. The van der Waals surface area contributed by atoms with Crippen LogP contribution in [0.15, 0.2) is 59.3 Å². The zero-order valence-electron chi connectivity index (χ0n) is 16.7. The molecule has 9 nitrogen and oxygen atoms in total. The Kier molecular flexibility index (Phi) is 6.38. The minimum atomic E-state index is -0.628. The quantitative estimate of drug-likeness (QED) is 0.394. The molecule has 1 aliphatic heterocycles. The monoisotopic (exact) mass is 484 g/mol. The third kappa shape index (κ3) is 5.15. The van der Waals surface area contributed by atoms with E-state index in [-0.39, 0.29) is 5.91 Å². The van der Waals surface area contributed by atoms with Gasteiger partial charge in [-0.1, -0.05) is 51.2 Å². The van der Waals surface area contributed by atoms with Gasteiger partial charge in [-0.3, -0.25) is 9.69 Å². The van der Waals surface area contributed by atoms with Gasteiger partial charge in [0.2, 0.25) is 6.33 Å². The highest BCUT2D eigenvalue weighted by Gasteiger charge is 2.22. The van der Waals surface area contributed by atoms with Crippen molar-refractivity contribution in [2.75, 3.05) is 26.2 Å². The molecule has 3 aromatic rings. The normalized spacial score (nSPS) is 14.5. The predicted octanol–water partition coefficient (Wildman–Crippen LogP) is 2.96. The van der Waals surface area contributed by atoms with Gasteiger partial charge in [-0.15, -0.1) is 0 Å². The molecule has 0 radical (unpaired) electrons. The zero-order chi connectivity index (χ0) is 21.8. The van der Waals surface area contributed by atoms with E-state index in [2.05, 4.69) is 37.0 Å². The van der Waals surface area contributed by atoms with Crippen molar-refractivity contribution in [1.29, 1.82) is 0 Å². The van der Waals surface area contributed by atoms with Gasteiger partial charge in [-0.05, 0) is 34.2 Å². The molecule has 0 bridgehead atoms. The van der Waals surface area contributed by atoms with Crippen molar-refractivity contribution in [3.05, 3.63) is 86.1 Å². The summed E-state index contributed by atoms with van der Waals surface area (Å²) in [5.74, 6) is -0.408. The van der Waals surface area contributed by atoms with Gasteiger partial charge in [0.15, 0.2) is 0 Å². The van der Waals surface area contributed by atoms with Crippen LogP contribution in [-0.2, 0) is 13.1 Å². The Hall–Kier alpha value is -3.11. The smallest absolute Gasteiger partial charge is 0.390 e. The highest BCUT2D eigenvalue weighted by molar-refractivity contribution is 9.10. The van der Waals surface area contributed by atoms with Crippen LogP contribution in [0.1, 0.15) is 21.5 Å². The molecule has 1 fully saturated rings. The lowest BCUT2D eigenvalue weighted by molar-refractivity contribution is -0.394. The van der Waals surface area contributed by atoms with Crippen LogP contribution < -0.4 is 0 Å². The maximum Gasteiger partial charge on any atom is 0.490 e. The summed E-state index contributed by atoms with van der Waals surface area (Å²) in [6.45, 7) is 4.25. The molecule has 31 heavy (non-hydrogen) atoms. The lowest BCUT2D eigenvalue weighted by Gasteiger charge is -2.35. The van der Waals surface area contributed by atoms with E-state index in [0.29, 0.717) is 25.2 Å². The number of amides is 1. The number of carbonyl (C=O) groups is 1. The van der Waals surface area contributed by atoms with Gasteiger partial charge in [0.25, 0.3) is 5.91 Å². The first-order valence-corrected chi connectivity index (χ1v) is 10.7. The Morgan fingerprint density at radius 1 is 1.03 bits per heavy atom. The summed E-state index contributed by atoms with van der Waals surface area (Å²) < 4.78 is 2.51. The van der Waals surface area contributed by atoms with Crippen LogP contribution in [0.4, 0.5) is 5.95 Å². The fourth-order valence-corrected chi connectivity index (χ4v) is 3.95. The van der Waals surface area contributed by atoms with E-state index < -0.39 is 10.9 Å². The van der Waals surface area contributed by atoms with E-state index >= 15 is 0 Å². The summed E-state index contributed by atoms with van der Waals surface area (Å²) in [5, 5.41) is 14.5. The molecule has 2 heterocycles. The molecule has 160 valence electrons.